The number of hydrogen-bond acceptors (Lipinski definition) is 4. The molecule has 0 aliphatic carbocycles. The molecular weight excluding hydrogens is 224 g/mol. The maximum atomic E-state index is 0. The summed E-state index contributed by atoms with van der Waals surface area (Å²) < 4.78 is 0. The minimum absolute atomic E-state index is 0. The van der Waals surface area contributed by atoms with Crippen molar-refractivity contribution in [1.29, 1.82) is 0 Å². The van der Waals surface area contributed by atoms with Gasteiger partial charge >= 0.3 is 2.85 Å². The summed E-state index contributed by atoms with van der Waals surface area (Å²) in [6.45, 7) is 0. The Hall–Kier alpha value is -0.320. The molecule has 128 valence electrons. The van der Waals surface area contributed by atoms with Crippen LogP contribution in [-0.4, -0.2) is 43.8 Å². The molecule has 0 saturated carbocycles. The van der Waals surface area contributed by atoms with Crippen LogP contribution in [0.15, 0.2) is 0 Å². The fourth-order valence-corrected chi connectivity index (χ4v) is 0. The third kappa shape index (κ3) is 21500. The minimum Gasteiger partial charge on any atom is -0.870 e. The molecule has 0 aromatic carbocycles. The lowest BCUT2D eigenvalue weighted by Gasteiger charge is -0.871. The van der Waals surface area contributed by atoms with Crippen LogP contribution < -0.4 is 0 Å². The Morgan fingerprint density at radius 2 is 0.250 bits per heavy atom. The normalized spacial score (nSPS) is 0. The third-order valence-corrected chi connectivity index (χ3v) is 0. The van der Waals surface area contributed by atoms with E-state index in [-0.39, 0.29) is 106 Å². The third-order valence-electron chi connectivity index (χ3n) is 0. The van der Waals surface area contributed by atoms with Crippen LogP contribution >= 0.6 is 0 Å². The van der Waals surface area contributed by atoms with Crippen molar-refractivity contribution in [3.8, 4) is 0 Å². The molecular formula is C8H46O8-2. The molecule has 0 aromatic heterocycles. The molecule has 0 atom stereocenters. The predicted octanol–water partition coefficient (Wildman–Crippen LogP) is 1.31. The van der Waals surface area contributed by atoms with E-state index >= 15 is 0 Å². The molecule has 16 heavy (non-hydrogen) atoms. The molecule has 0 saturated heterocycles. The van der Waals surface area contributed by atoms with Crippen molar-refractivity contribution in [3.63, 3.8) is 0 Å². The molecule has 0 spiro atoms. The van der Waals surface area contributed by atoms with E-state index in [4.69, 9.17) is 0 Å². The Morgan fingerprint density at radius 1 is 0.250 bits per heavy atom. The highest BCUT2D eigenvalue weighted by Crippen LogP contribution is 0.151. The highest BCUT2D eigenvalue weighted by atomic mass is 16.0. The van der Waals surface area contributed by atoms with E-state index in [1.54, 1.807) is 0 Å². The maximum absolute atomic E-state index is 0. The van der Waals surface area contributed by atoms with Gasteiger partial charge in [0.15, 0.2) is 0 Å². The molecule has 0 aliphatic heterocycles. The molecule has 0 bridgehead atoms. The highest BCUT2D eigenvalue weighted by Gasteiger charge is -0.0704. The van der Waals surface area contributed by atoms with Gasteiger partial charge in [0.25, 0.3) is 0 Å². The first kappa shape index (κ1) is 33000. The summed E-state index contributed by atoms with van der Waals surface area (Å²) in [4.78, 5) is 0. The smallest absolute Gasteiger partial charge is 0.870 e. The van der Waals surface area contributed by atoms with Crippen LogP contribution in [0.2, 0.25) is 0 Å². The molecule has 8 nitrogen and oxygen atoms in total. The average Bonchev–Trinajstić information content (AvgIpc) is 0. The van der Waals surface area contributed by atoms with E-state index in [9.17, 15) is 0 Å². The Balaban J connectivity index is 0. The second kappa shape index (κ2) is 26800. The second-order valence-electron chi connectivity index (χ2n) is 0. The van der Waals surface area contributed by atoms with Crippen molar-refractivity contribution in [1.82, 2.24) is 0 Å². The average molecular weight is 270 g/mol. The van der Waals surface area contributed by atoms with Crippen LogP contribution in [-0.2, 0) is 0 Å². The minimum atomic E-state index is 0. The van der Waals surface area contributed by atoms with Crippen LogP contribution in [0.25, 0.3) is 0 Å². The summed E-state index contributed by atoms with van der Waals surface area (Å²) in [5, 5.41) is 0. The lowest BCUT2D eigenvalue weighted by atomic mass is 12.0. The molecule has 12 N–H and O–H groups in total. The van der Waals surface area contributed by atoms with Crippen molar-refractivity contribution >= 4 is 0 Å². The van der Waals surface area contributed by atoms with E-state index in [0.29, 0.717) is 0 Å². The van der Waals surface area contributed by atoms with Gasteiger partial charge in [0.1, 0.15) is 0 Å². The van der Waals surface area contributed by atoms with Crippen molar-refractivity contribution in [2.24, 2.45) is 0 Å². The van der Waals surface area contributed by atoms with Crippen LogP contribution in [0, 0.1) is 0 Å². The van der Waals surface area contributed by atoms with Gasteiger partial charge in [-0.1, -0.05) is 59.4 Å². The molecule has 0 heterocycles. The monoisotopic (exact) mass is 270 g/mol. The van der Waals surface area contributed by atoms with Gasteiger partial charge in [-0.15, -0.1) is 0 Å². The van der Waals surface area contributed by atoms with Crippen molar-refractivity contribution in [3.05, 3.63) is 0 Å². The summed E-state index contributed by atoms with van der Waals surface area (Å²) in [5.74, 6) is 0. The largest absolute Gasteiger partial charge is 1.00 e. The van der Waals surface area contributed by atoms with E-state index in [2.05, 4.69) is 0 Å². The highest BCUT2D eigenvalue weighted by molar-refractivity contribution is 2.51. The number of rotatable bonds is 0. The summed E-state index contributed by atoms with van der Waals surface area (Å²) in [6.07, 6.45) is 0. The topological polar surface area (TPSA) is 246 Å². The van der Waals surface area contributed by atoms with Crippen molar-refractivity contribution < 1.29 is 46.7 Å². The van der Waals surface area contributed by atoms with E-state index in [1.165, 1.54) is 0 Å². The lowest BCUT2D eigenvalue weighted by molar-refractivity contribution is 0.823. The summed E-state index contributed by atoms with van der Waals surface area (Å²) in [7, 11) is 0. The van der Waals surface area contributed by atoms with Gasteiger partial charge in [0, 0.05) is 0 Å². The van der Waals surface area contributed by atoms with Gasteiger partial charge < -0.3 is 43.8 Å². The zero-order valence-electron chi connectivity index (χ0n) is 5.79. The zero-order chi connectivity index (χ0) is 0. The Kier molecular flexibility index (Phi) is 55300000. The first-order valence-electron chi connectivity index (χ1n) is 0. The van der Waals surface area contributed by atoms with Gasteiger partial charge in [-0.05, 0) is 0 Å². The van der Waals surface area contributed by atoms with Gasteiger partial charge in [-0.2, -0.15) is 0 Å². The quantitative estimate of drug-likeness (QED) is 0.630. The molecule has 0 rings (SSSR count). The summed E-state index contributed by atoms with van der Waals surface area (Å²) in [5.41, 5.74) is 0. The molecule has 0 aliphatic rings. The van der Waals surface area contributed by atoms with E-state index < -0.39 is 0 Å². The zero-order valence-corrected chi connectivity index (χ0v) is 3.79. The maximum Gasteiger partial charge on any atom is 1.00 e. The van der Waals surface area contributed by atoms with Crippen LogP contribution in [0.4, 0.5) is 0 Å². The first-order chi connectivity index (χ1) is 0. The first-order valence-corrected chi connectivity index (χ1v) is 0. The molecule has 0 aromatic rings. The van der Waals surface area contributed by atoms with Crippen LogP contribution in [0.5, 0.6) is 0 Å². The Labute approximate surface area is 107 Å². The fourth-order valence-electron chi connectivity index (χ4n) is 0. The molecule has 0 unspecified atom stereocenters. The Bertz CT molecular complexity index is 25.1. The van der Waals surface area contributed by atoms with Crippen molar-refractivity contribution in [2.75, 3.05) is 0 Å². The van der Waals surface area contributed by atoms with Gasteiger partial charge in [0.2, 0.25) is 0 Å². The van der Waals surface area contributed by atoms with Gasteiger partial charge in [-0.3, -0.25) is 0 Å². The molecule has 8 heteroatoms. The fraction of sp³-hybridized carbons (Fsp3) is 1.00. The van der Waals surface area contributed by atoms with Crippen LogP contribution in [0.1, 0.15) is 62.3 Å². The summed E-state index contributed by atoms with van der Waals surface area (Å²) in [6, 6.07) is 0. The van der Waals surface area contributed by atoms with E-state index in [0.717, 1.165) is 0 Å². The second-order valence-corrected chi connectivity index (χ2v) is 0. The SMILES string of the molecule is C.C.C.C.C.C.C.C.O.O.O.O.[H+].[H+].[OH-].[OH-].[OH-].[OH-]. The lowest BCUT2D eigenvalue weighted by Crippen LogP contribution is -0.290. The standard InChI is InChI=1S/8CH4.8H2O/h8*1H4;8*1H2/p-2. The predicted molar refractivity (Wildman–Crippen MR) is 78.3 cm³/mol. The number of hydrogen-bond donors (Lipinski definition) is 0. The molecule has 0 amide bonds. The summed E-state index contributed by atoms with van der Waals surface area (Å²) >= 11 is 0. The molecule has 0 radical (unpaired) electrons. The van der Waals surface area contributed by atoms with Gasteiger partial charge in [0.05, 0.1) is 0 Å². The van der Waals surface area contributed by atoms with Crippen LogP contribution in [0.3, 0.4) is 0 Å². The van der Waals surface area contributed by atoms with Crippen molar-refractivity contribution in [2.45, 2.75) is 59.4 Å². The molecule has 0 fully saturated rings. The van der Waals surface area contributed by atoms with Gasteiger partial charge in [-0.25, -0.2) is 0 Å². The van der Waals surface area contributed by atoms with E-state index in [1.807, 2.05) is 0 Å². The Morgan fingerprint density at radius 3 is 0.250 bits per heavy atom.